The number of methoxy groups -OCH3 is 1. The molecule has 1 aromatic heterocycles. The summed E-state index contributed by atoms with van der Waals surface area (Å²) in [6.45, 7) is 4.16. The quantitative estimate of drug-likeness (QED) is 0.671. The third-order valence-electron chi connectivity index (χ3n) is 4.24. The minimum Gasteiger partial charge on any atom is -0.496 e. The van der Waals surface area contributed by atoms with E-state index < -0.39 is 0 Å². The second-order valence-corrected chi connectivity index (χ2v) is 7.46. The summed E-state index contributed by atoms with van der Waals surface area (Å²) < 4.78 is 5.44. The largest absolute Gasteiger partial charge is 0.496 e. The number of thiophene rings is 1. The predicted molar refractivity (Wildman–Crippen MR) is 91.1 cm³/mol. The molecule has 0 N–H and O–H groups in total. The Balaban J connectivity index is 1.94. The van der Waals surface area contributed by atoms with Crippen LogP contribution in [0.25, 0.3) is 0 Å². The number of hydrogen-bond donors (Lipinski definition) is 0. The van der Waals surface area contributed by atoms with Crippen molar-refractivity contribution >= 4 is 22.9 Å². The van der Waals surface area contributed by atoms with Gasteiger partial charge in [-0.25, -0.2) is 0 Å². The Morgan fingerprint density at radius 3 is 2.38 bits per heavy atom. The SMILES string of the molecule is COc1c(C)cc(C(Cl)c2cc3c(s2)CCCC3)cc1C. The van der Waals surface area contributed by atoms with Crippen molar-refractivity contribution in [1.82, 2.24) is 0 Å². The molecule has 0 spiro atoms. The molecule has 0 amide bonds. The number of ether oxygens (including phenoxy) is 1. The normalized spacial score (nSPS) is 15.6. The van der Waals surface area contributed by atoms with Crippen LogP contribution in [0.3, 0.4) is 0 Å². The summed E-state index contributed by atoms with van der Waals surface area (Å²) in [5, 5.41) is -0.0519. The fraction of sp³-hybridized carbons (Fsp3) is 0.444. The second kappa shape index (κ2) is 6.02. The van der Waals surface area contributed by atoms with E-state index >= 15 is 0 Å². The Labute approximate surface area is 135 Å². The number of rotatable bonds is 3. The molecule has 3 heteroatoms. The van der Waals surface area contributed by atoms with E-state index in [9.17, 15) is 0 Å². The maximum absolute atomic E-state index is 6.76. The van der Waals surface area contributed by atoms with Gasteiger partial charge in [0.15, 0.2) is 0 Å². The van der Waals surface area contributed by atoms with E-state index in [1.165, 1.54) is 41.7 Å². The molecule has 1 atom stereocenters. The first-order chi connectivity index (χ1) is 10.1. The van der Waals surface area contributed by atoms with Crippen LogP contribution in [0.15, 0.2) is 18.2 Å². The second-order valence-electron chi connectivity index (χ2n) is 5.85. The molecule has 21 heavy (non-hydrogen) atoms. The summed E-state index contributed by atoms with van der Waals surface area (Å²) in [4.78, 5) is 2.83. The van der Waals surface area contributed by atoms with Crippen LogP contribution in [0, 0.1) is 13.8 Å². The van der Waals surface area contributed by atoms with E-state index in [1.54, 1.807) is 12.0 Å². The van der Waals surface area contributed by atoms with Crippen LogP contribution in [-0.2, 0) is 12.8 Å². The van der Waals surface area contributed by atoms with Gasteiger partial charge < -0.3 is 4.74 Å². The highest BCUT2D eigenvalue weighted by Crippen LogP contribution is 2.40. The minimum atomic E-state index is -0.0519. The van der Waals surface area contributed by atoms with Gasteiger partial charge in [-0.2, -0.15) is 0 Å². The fourth-order valence-electron chi connectivity index (χ4n) is 3.25. The summed E-state index contributed by atoms with van der Waals surface area (Å²) >= 11 is 8.66. The summed E-state index contributed by atoms with van der Waals surface area (Å²) in [5.74, 6) is 0.966. The highest BCUT2D eigenvalue weighted by molar-refractivity contribution is 7.12. The van der Waals surface area contributed by atoms with E-state index in [0.717, 1.165) is 16.9 Å². The molecular weight excluding hydrogens is 300 g/mol. The van der Waals surface area contributed by atoms with Crippen molar-refractivity contribution in [2.45, 2.75) is 44.9 Å². The zero-order valence-corrected chi connectivity index (χ0v) is 14.4. The maximum atomic E-state index is 6.76. The minimum absolute atomic E-state index is 0.0519. The van der Waals surface area contributed by atoms with Crippen molar-refractivity contribution in [2.24, 2.45) is 0 Å². The van der Waals surface area contributed by atoms with Gasteiger partial charge in [-0.05, 0) is 67.9 Å². The Kier molecular flexibility index (Phi) is 4.28. The molecule has 0 aliphatic heterocycles. The lowest BCUT2D eigenvalue weighted by molar-refractivity contribution is 0.408. The van der Waals surface area contributed by atoms with E-state index in [4.69, 9.17) is 16.3 Å². The van der Waals surface area contributed by atoms with Crippen LogP contribution in [-0.4, -0.2) is 7.11 Å². The highest BCUT2D eigenvalue weighted by Gasteiger charge is 2.20. The molecule has 1 heterocycles. The van der Waals surface area contributed by atoms with E-state index in [-0.39, 0.29) is 5.38 Å². The Bertz CT molecular complexity index is 613. The zero-order chi connectivity index (χ0) is 15.0. The van der Waals surface area contributed by atoms with Gasteiger partial charge in [-0.3, -0.25) is 0 Å². The average molecular weight is 321 g/mol. The van der Waals surface area contributed by atoms with E-state index in [0.29, 0.717) is 0 Å². The van der Waals surface area contributed by atoms with Crippen LogP contribution < -0.4 is 4.74 Å². The lowest BCUT2D eigenvalue weighted by Gasteiger charge is -2.14. The molecule has 0 radical (unpaired) electrons. The highest BCUT2D eigenvalue weighted by atomic mass is 35.5. The smallest absolute Gasteiger partial charge is 0.124 e. The van der Waals surface area contributed by atoms with Crippen molar-refractivity contribution in [3.8, 4) is 5.75 Å². The summed E-state index contributed by atoms with van der Waals surface area (Å²) in [7, 11) is 1.72. The van der Waals surface area contributed by atoms with Gasteiger partial charge in [0, 0.05) is 9.75 Å². The van der Waals surface area contributed by atoms with Crippen molar-refractivity contribution < 1.29 is 4.74 Å². The van der Waals surface area contributed by atoms with Crippen LogP contribution in [0.1, 0.15) is 50.2 Å². The summed E-state index contributed by atoms with van der Waals surface area (Å²) in [5.41, 5.74) is 5.00. The van der Waals surface area contributed by atoms with Crippen LogP contribution in [0.4, 0.5) is 0 Å². The number of alkyl halides is 1. The Morgan fingerprint density at radius 2 is 1.76 bits per heavy atom. The molecule has 1 aliphatic rings. The molecule has 1 aliphatic carbocycles. The van der Waals surface area contributed by atoms with Gasteiger partial charge in [0.2, 0.25) is 0 Å². The Hall–Kier alpha value is -0.990. The first-order valence-electron chi connectivity index (χ1n) is 7.51. The monoisotopic (exact) mass is 320 g/mol. The molecule has 0 saturated carbocycles. The molecule has 2 aromatic rings. The molecule has 1 aromatic carbocycles. The van der Waals surface area contributed by atoms with E-state index in [2.05, 4.69) is 32.0 Å². The van der Waals surface area contributed by atoms with Gasteiger partial charge in [-0.15, -0.1) is 22.9 Å². The maximum Gasteiger partial charge on any atom is 0.124 e. The fourth-order valence-corrected chi connectivity index (χ4v) is 4.84. The van der Waals surface area contributed by atoms with Gasteiger partial charge in [0.25, 0.3) is 0 Å². The third-order valence-corrected chi connectivity index (χ3v) is 6.16. The number of hydrogen-bond acceptors (Lipinski definition) is 2. The third kappa shape index (κ3) is 2.84. The summed E-state index contributed by atoms with van der Waals surface area (Å²) in [6.07, 6.45) is 5.08. The first kappa shape index (κ1) is 14.9. The zero-order valence-electron chi connectivity index (χ0n) is 12.8. The molecule has 1 nitrogen and oxygen atoms in total. The van der Waals surface area contributed by atoms with Crippen molar-refractivity contribution in [3.05, 3.63) is 50.2 Å². The lowest BCUT2D eigenvalue weighted by atomic mass is 9.98. The number of aryl methyl sites for hydroxylation is 4. The first-order valence-corrected chi connectivity index (χ1v) is 8.76. The van der Waals surface area contributed by atoms with Gasteiger partial charge in [0.05, 0.1) is 12.5 Å². The molecular formula is C18H21ClOS. The standard InChI is InChI=1S/C18H21ClOS/c1-11-8-14(9-12(2)18(11)20-3)17(19)16-10-13-6-4-5-7-15(13)21-16/h8-10,17H,4-7H2,1-3H3. The van der Waals surface area contributed by atoms with Crippen LogP contribution in [0.5, 0.6) is 5.75 Å². The van der Waals surface area contributed by atoms with Crippen LogP contribution in [0.2, 0.25) is 0 Å². The topological polar surface area (TPSA) is 9.23 Å². The van der Waals surface area contributed by atoms with Crippen molar-refractivity contribution in [1.29, 1.82) is 0 Å². The molecule has 0 saturated heterocycles. The molecule has 0 bridgehead atoms. The molecule has 1 unspecified atom stereocenters. The number of fused-ring (bicyclic) bond motifs is 1. The van der Waals surface area contributed by atoms with Gasteiger partial charge in [0.1, 0.15) is 5.75 Å². The number of halogens is 1. The molecule has 0 fully saturated rings. The van der Waals surface area contributed by atoms with E-state index in [1.807, 2.05) is 11.3 Å². The molecule has 3 rings (SSSR count). The van der Waals surface area contributed by atoms with Crippen LogP contribution >= 0.6 is 22.9 Å². The summed E-state index contributed by atoms with van der Waals surface area (Å²) in [6, 6.07) is 6.64. The Morgan fingerprint density at radius 1 is 1.10 bits per heavy atom. The number of benzene rings is 1. The van der Waals surface area contributed by atoms with Crippen molar-refractivity contribution in [2.75, 3.05) is 7.11 Å². The predicted octanol–water partition coefficient (Wildman–Crippen LogP) is 5.58. The lowest BCUT2D eigenvalue weighted by Crippen LogP contribution is -1.97. The molecule has 112 valence electrons. The van der Waals surface area contributed by atoms with Crippen molar-refractivity contribution in [3.63, 3.8) is 0 Å². The van der Waals surface area contributed by atoms with Gasteiger partial charge >= 0.3 is 0 Å². The average Bonchev–Trinajstić information content (AvgIpc) is 2.90. The van der Waals surface area contributed by atoms with Gasteiger partial charge in [-0.1, -0.05) is 12.1 Å².